The van der Waals surface area contributed by atoms with E-state index in [1.807, 2.05) is 37.4 Å². The summed E-state index contributed by atoms with van der Waals surface area (Å²) >= 11 is 0. The fraction of sp³-hybridized carbons (Fsp3) is 0.250. The van der Waals surface area contributed by atoms with Crippen LogP contribution in [0.1, 0.15) is 31.3 Å². The highest BCUT2D eigenvalue weighted by Crippen LogP contribution is 2.23. The average Bonchev–Trinajstić information content (AvgIpc) is 2.90. The summed E-state index contributed by atoms with van der Waals surface area (Å²) in [6.07, 6.45) is 4.47. The van der Waals surface area contributed by atoms with Gasteiger partial charge in [-0.1, -0.05) is 13.0 Å². The first-order valence-corrected chi connectivity index (χ1v) is 6.82. The first-order chi connectivity index (χ1) is 9.76. The van der Waals surface area contributed by atoms with Crippen LogP contribution in [0.25, 0.3) is 11.1 Å². The molecular formula is C16H17N3O. The summed E-state index contributed by atoms with van der Waals surface area (Å²) in [5.74, 6) is 0.775. The molecule has 0 bridgehead atoms. The number of anilines is 1. The Hall–Kier alpha value is -2.36. The highest BCUT2D eigenvalue weighted by atomic mass is 16.3. The van der Waals surface area contributed by atoms with Crippen LogP contribution in [-0.4, -0.2) is 9.97 Å². The predicted molar refractivity (Wildman–Crippen MR) is 79.7 cm³/mol. The van der Waals surface area contributed by atoms with Gasteiger partial charge in [-0.05, 0) is 36.8 Å². The lowest BCUT2D eigenvalue weighted by Gasteiger charge is -2.14. The summed E-state index contributed by atoms with van der Waals surface area (Å²) in [5, 5.41) is 3.46. The molecule has 0 aliphatic carbocycles. The largest absolute Gasteiger partial charge is 0.441 e. The van der Waals surface area contributed by atoms with E-state index >= 15 is 0 Å². The van der Waals surface area contributed by atoms with Crippen molar-refractivity contribution in [1.29, 1.82) is 0 Å². The molecule has 0 aliphatic rings. The third-order valence-electron chi connectivity index (χ3n) is 3.30. The van der Waals surface area contributed by atoms with Crippen molar-refractivity contribution in [2.45, 2.75) is 26.3 Å². The van der Waals surface area contributed by atoms with Gasteiger partial charge in [-0.25, -0.2) is 4.98 Å². The monoisotopic (exact) mass is 267 g/mol. The smallest absolute Gasteiger partial charge is 0.195 e. The molecule has 0 amide bonds. The number of fused-ring (bicyclic) bond motifs is 1. The van der Waals surface area contributed by atoms with Crippen LogP contribution in [0.4, 0.5) is 5.69 Å². The molecule has 2 aromatic heterocycles. The molecule has 0 saturated carbocycles. The Morgan fingerprint density at radius 1 is 1.30 bits per heavy atom. The molecule has 0 radical (unpaired) electrons. The molecule has 3 aromatic rings. The van der Waals surface area contributed by atoms with E-state index in [2.05, 4.69) is 28.3 Å². The average molecular weight is 267 g/mol. The van der Waals surface area contributed by atoms with E-state index in [-0.39, 0.29) is 6.04 Å². The van der Waals surface area contributed by atoms with Crippen molar-refractivity contribution in [2.75, 3.05) is 5.32 Å². The number of hydrogen-bond acceptors (Lipinski definition) is 4. The first kappa shape index (κ1) is 12.7. The number of aromatic nitrogens is 2. The number of nitrogens with zero attached hydrogens (tertiary/aromatic N) is 2. The van der Waals surface area contributed by atoms with Gasteiger partial charge in [0.1, 0.15) is 5.52 Å². The van der Waals surface area contributed by atoms with Crippen LogP contribution in [0.15, 0.2) is 47.1 Å². The maximum absolute atomic E-state index is 5.61. The maximum atomic E-state index is 5.61. The molecule has 1 aromatic carbocycles. The molecule has 0 fully saturated rings. The lowest BCUT2D eigenvalue weighted by molar-refractivity contribution is 0.538. The number of rotatable bonds is 4. The fourth-order valence-corrected chi connectivity index (χ4v) is 2.18. The van der Waals surface area contributed by atoms with Crippen LogP contribution in [-0.2, 0) is 6.42 Å². The van der Waals surface area contributed by atoms with Crippen LogP contribution < -0.4 is 5.32 Å². The topological polar surface area (TPSA) is 51.0 Å². The molecule has 0 spiro atoms. The Bertz CT molecular complexity index is 706. The van der Waals surface area contributed by atoms with Gasteiger partial charge < -0.3 is 9.73 Å². The van der Waals surface area contributed by atoms with Crippen LogP contribution >= 0.6 is 0 Å². The van der Waals surface area contributed by atoms with Gasteiger partial charge >= 0.3 is 0 Å². The maximum Gasteiger partial charge on any atom is 0.195 e. The summed E-state index contributed by atoms with van der Waals surface area (Å²) in [4.78, 5) is 8.60. The summed E-state index contributed by atoms with van der Waals surface area (Å²) < 4.78 is 5.61. The molecule has 0 saturated heterocycles. The summed E-state index contributed by atoms with van der Waals surface area (Å²) in [6, 6.07) is 10.2. The van der Waals surface area contributed by atoms with Crippen LogP contribution in [0.3, 0.4) is 0 Å². The quantitative estimate of drug-likeness (QED) is 0.777. The van der Waals surface area contributed by atoms with Gasteiger partial charge in [-0.15, -0.1) is 0 Å². The van der Waals surface area contributed by atoms with Gasteiger partial charge in [-0.2, -0.15) is 0 Å². The van der Waals surface area contributed by atoms with E-state index in [1.165, 1.54) is 0 Å². The van der Waals surface area contributed by atoms with Crippen molar-refractivity contribution in [3.63, 3.8) is 0 Å². The molecule has 2 heterocycles. The Morgan fingerprint density at radius 3 is 2.95 bits per heavy atom. The zero-order valence-corrected chi connectivity index (χ0v) is 11.6. The normalized spacial score (nSPS) is 12.5. The van der Waals surface area contributed by atoms with E-state index in [0.29, 0.717) is 0 Å². The van der Waals surface area contributed by atoms with E-state index in [0.717, 1.165) is 34.7 Å². The zero-order chi connectivity index (χ0) is 13.9. The lowest BCUT2D eigenvalue weighted by Crippen LogP contribution is -2.06. The van der Waals surface area contributed by atoms with Crippen molar-refractivity contribution in [3.05, 3.63) is 54.2 Å². The molecule has 0 aliphatic heterocycles. The third kappa shape index (κ3) is 2.50. The predicted octanol–water partition coefficient (Wildman–Crippen LogP) is 3.96. The lowest BCUT2D eigenvalue weighted by atomic mass is 10.1. The van der Waals surface area contributed by atoms with Gasteiger partial charge in [0.15, 0.2) is 11.5 Å². The second kappa shape index (κ2) is 5.33. The standard InChI is InChI=1S/C16H17N3O/c1-3-16-19-14-9-13(6-7-15(14)20-16)18-11(2)12-5-4-8-17-10-12/h4-11,18H,3H2,1-2H3. The first-order valence-electron chi connectivity index (χ1n) is 6.82. The van der Waals surface area contributed by atoms with E-state index in [4.69, 9.17) is 4.42 Å². The van der Waals surface area contributed by atoms with Crippen molar-refractivity contribution in [2.24, 2.45) is 0 Å². The van der Waals surface area contributed by atoms with Gasteiger partial charge in [0.05, 0.1) is 6.04 Å². The van der Waals surface area contributed by atoms with E-state index < -0.39 is 0 Å². The molecule has 1 unspecified atom stereocenters. The SMILES string of the molecule is CCc1nc2cc(NC(C)c3cccnc3)ccc2o1. The number of oxazole rings is 1. The second-order valence-corrected chi connectivity index (χ2v) is 4.80. The third-order valence-corrected chi connectivity index (χ3v) is 3.30. The molecule has 4 nitrogen and oxygen atoms in total. The van der Waals surface area contributed by atoms with Gasteiger partial charge in [-0.3, -0.25) is 4.98 Å². The summed E-state index contributed by atoms with van der Waals surface area (Å²) in [6.45, 7) is 4.15. The van der Waals surface area contributed by atoms with Crippen molar-refractivity contribution < 1.29 is 4.42 Å². The van der Waals surface area contributed by atoms with Gasteiger partial charge in [0.2, 0.25) is 0 Å². The molecule has 1 atom stereocenters. The highest BCUT2D eigenvalue weighted by molar-refractivity contribution is 5.77. The molecule has 3 rings (SSSR count). The number of aryl methyl sites for hydroxylation is 1. The molecule has 4 heteroatoms. The Labute approximate surface area is 117 Å². The van der Waals surface area contributed by atoms with Crippen molar-refractivity contribution in [1.82, 2.24) is 9.97 Å². The number of nitrogens with one attached hydrogen (secondary N) is 1. The Morgan fingerprint density at radius 2 is 2.20 bits per heavy atom. The van der Waals surface area contributed by atoms with Crippen molar-refractivity contribution in [3.8, 4) is 0 Å². The van der Waals surface area contributed by atoms with Gasteiger partial charge in [0, 0.05) is 24.5 Å². The Balaban J connectivity index is 1.83. The number of pyridine rings is 1. The second-order valence-electron chi connectivity index (χ2n) is 4.80. The summed E-state index contributed by atoms with van der Waals surface area (Å²) in [7, 11) is 0. The van der Waals surface area contributed by atoms with Crippen LogP contribution in [0.5, 0.6) is 0 Å². The summed E-state index contributed by atoms with van der Waals surface area (Å²) in [5.41, 5.74) is 3.92. The molecular weight excluding hydrogens is 250 g/mol. The van der Waals surface area contributed by atoms with Crippen LogP contribution in [0.2, 0.25) is 0 Å². The van der Waals surface area contributed by atoms with Crippen molar-refractivity contribution >= 4 is 16.8 Å². The fourth-order valence-electron chi connectivity index (χ4n) is 2.18. The minimum atomic E-state index is 0.193. The number of benzene rings is 1. The highest BCUT2D eigenvalue weighted by Gasteiger charge is 2.08. The minimum absolute atomic E-state index is 0.193. The molecule has 102 valence electrons. The molecule has 20 heavy (non-hydrogen) atoms. The zero-order valence-electron chi connectivity index (χ0n) is 11.6. The number of hydrogen-bond donors (Lipinski definition) is 1. The Kier molecular flexibility index (Phi) is 3.37. The van der Waals surface area contributed by atoms with E-state index in [9.17, 15) is 0 Å². The van der Waals surface area contributed by atoms with Gasteiger partial charge in [0.25, 0.3) is 0 Å². The minimum Gasteiger partial charge on any atom is -0.441 e. The van der Waals surface area contributed by atoms with E-state index in [1.54, 1.807) is 6.20 Å². The van der Waals surface area contributed by atoms with Crippen LogP contribution in [0, 0.1) is 0 Å². The molecule has 1 N–H and O–H groups in total.